The number of aryl methyl sites for hydroxylation is 1. The molecular formula is C16H16N2O2S. The number of hydrogen-bond acceptors (Lipinski definition) is 3. The Labute approximate surface area is 129 Å². The maximum absolute atomic E-state index is 12.3. The van der Waals surface area contributed by atoms with Crippen molar-refractivity contribution < 1.29 is 9.59 Å². The monoisotopic (exact) mass is 300 g/mol. The zero-order chi connectivity index (χ0) is 15.4. The highest BCUT2D eigenvalue weighted by Gasteiger charge is 2.32. The van der Waals surface area contributed by atoms with E-state index in [2.05, 4.69) is 11.9 Å². The van der Waals surface area contributed by atoms with Crippen molar-refractivity contribution in [2.24, 2.45) is 0 Å². The number of benzene rings is 1. The van der Waals surface area contributed by atoms with Gasteiger partial charge in [0.05, 0.1) is 0 Å². The van der Waals surface area contributed by atoms with E-state index < -0.39 is 5.91 Å². The number of nitrogens with one attached hydrogen (secondary N) is 1. The quantitative estimate of drug-likeness (QED) is 0.400. The summed E-state index contributed by atoms with van der Waals surface area (Å²) >= 11 is 4.99. The number of thiocarbonyl (C=S) groups is 1. The summed E-state index contributed by atoms with van der Waals surface area (Å²) in [5.74, 6) is -0.826. The molecule has 0 aromatic heterocycles. The zero-order valence-corrected chi connectivity index (χ0v) is 12.6. The second-order valence-electron chi connectivity index (χ2n) is 4.77. The Bertz CT molecular complexity index is 632. The van der Waals surface area contributed by atoms with Crippen LogP contribution in [0.25, 0.3) is 0 Å². The molecule has 2 rings (SSSR count). The summed E-state index contributed by atoms with van der Waals surface area (Å²) in [6, 6.07) is 7.94. The molecule has 108 valence electrons. The molecule has 1 saturated heterocycles. The first-order valence-corrected chi connectivity index (χ1v) is 6.97. The molecule has 1 aromatic rings. The first-order chi connectivity index (χ1) is 10.0. The number of allylic oxidation sites excluding steroid dienone is 1. The summed E-state index contributed by atoms with van der Waals surface area (Å²) in [6.45, 7) is 5.87. The van der Waals surface area contributed by atoms with Gasteiger partial charge in [-0.15, -0.1) is 6.58 Å². The van der Waals surface area contributed by atoms with Gasteiger partial charge in [-0.2, -0.15) is 0 Å². The second kappa shape index (κ2) is 6.45. The molecule has 0 unspecified atom stereocenters. The molecule has 0 atom stereocenters. The van der Waals surface area contributed by atoms with Crippen LogP contribution in [0.5, 0.6) is 0 Å². The largest absolute Gasteiger partial charge is 0.298 e. The molecular weight excluding hydrogens is 284 g/mol. The Morgan fingerprint density at radius 1 is 1.29 bits per heavy atom. The maximum atomic E-state index is 12.3. The minimum atomic E-state index is -0.447. The van der Waals surface area contributed by atoms with Crippen molar-refractivity contribution in [2.45, 2.75) is 13.3 Å². The van der Waals surface area contributed by atoms with Crippen LogP contribution < -0.4 is 5.32 Å². The van der Waals surface area contributed by atoms with Gasteiger partial charge in [-0.05, 0) is 31.1 Å². The number of rotatable bonds is 4. The van der Waals surface area contributed by atoms with E-state index in [-0.39, 0.29) is 23.1 Å². The van der Waals surface area contributed by atoms with E-state index in [1.54, 1.807) is 12.2 Å². The fourth-order valence-electron chi connectivity index (χ4n) is 1.99. The third-order valence-corrected chi connectivity index (χ3v) is 3.48. The highest BCUT2D eigenvalue weighted by molar-refractivity contribution is 7.80. The lowest BCUT2D eigenvalue weighted by Gasteiger charge is -2.27. The third kappa shape index (κ3) is 3.44. The van der Waals surface area contributed by atoms with Gasteiger partial charge in [-0.3, -0.25) is 19.8 Å². The first-order valence-electron chi connectivity index (χ1n) is 6.56. The fourth-order valence-corrected chi connectivity index (χ4v) is 2.24. The van der Waals surface area contributed by atoms with Crippen LogP contribution in [0, 0.1) is 6.92 Å². The van der Waals surface area contributed by atoms with Crippen LogP contribution in [0.1, 0.15) is 11.1 Å². The van der Waals surface area contributed by atoms with Crippen molar-refractivity contribution in [1.29, 1.82) is 0 Å². The molecule has 1 aliphatic heterocycles. The Morgan fingerprint density at radius 3 is 2.57 bits per heavy atom. The zero-order valence-electron chi connectivity index (χ0n) is 11.8. The number of carbonyl (C=O) groups is 2. The summed E-state index contributed by atoms with van der Waals surface area (Å²) in [5.41, 5.74) is 2.32. The van der Waals surface area contributed by atoms with Crippen molar-refractivity contribution in [3.63, 3.8) is 0 Å². The lowest BCUT2D eigenvalue weighted by atomic mass is 10.1. The first kappa shape index (κ1) is 15.1. The number of hydrogen-bond donors (Lipinski definition) is 1. The standard InChI is InChI=1S/C16H16N2O2S/c1-3-10-18-15(20)13(14(19)17-16(18)21)9-8-12-6-4-11(2)5-7-12/h3-7,9H,1,8,10H2,2H3,(H,17,19,21)/b13-9-. The molecule has 2 amide bonds. The molecule has 5 heteroatoms. The van der Waals surface area contributed by atoms with Crippen molar-refractivity contribution in [3.8, 4) is 0 Å². The molecule has 1 heterocycles. The van der Waals surface area contributed by atoms with E-state index in [0.29, 0.717) is 6.42 Å². The lowest BCUT2D eigenvalue weighted by molar-refractivity contribution is -0.128. The Kier molecular flexibility index (Phi) is 4.65. The SMILES string of the molecule is C=CCN1C(=O)/C(=C\Cc2ccc(C)cc2)C(=O)NC1=S. The van der Waals surface area contributed by atoms with E-state index in [1.165, 1.54) is 10.5 Å². The fraction of sp³-hybridized carbons (Fsp3) is 0.188. The predicted octanol–water partition coefficient (Wildman–Crippen LogP) is 1.89. The van der Waals surface area contributed by atoms with E-state index in [9.17, 15) is 9.59 Å². The van der Waals surface area contributed by atoms with Gasteiger partial charge < -0.3 is 0 Å². The van der Waals surface area contributed by atoms with Gasteiger partial charge in [-0.25, -0.2) is 0 Å². The molecule has 0 spiro atoms. The molecule has 0 radical (unpaired) electrons. The molecule has 4 nitrogen and oxygen atoms in total. The third-order valence-electron chi connectivity index (χ3n) is 3.16. The van der Waals surface area contributed by atoms with Crippen LogP contribution >= 0.6 is 12.2 Å². The highest BCUT2D eigenvalue weighted by Crippen LogP contribution is 2.12. The van der Waals surface area contributed by atoms with Gasteiger partial charge in [0.2, 0.25) is 0 Å². The Hall–Kier alpha value is -2.27. The van der Waals surface area contributed by atoms with Crippen molar-refractivity contribution >= 4 is 29.1 Å². The van der Waals surface area contributed by atoms with E-state index in [4.69, 9.17) is 12.2 Å². The van der Waals surface area contributed by atoms with Crippen LogP contribution in [0.2, 0.25) is 0 Å². The van der Waals surface area contributed by atoms with Gasteiger partial charge in [0, 0.05) is 6.54 Å². The van der Waals surface area contributed by atoms with Gasteiger partial charge in [0.1, 0.15) is 5.57 Å². The van der Waals surface area contributed by atoms with Gasteiger partial charge in [0.15, 0.2) is 5.11 Å². The molecule has 0 saturated carbocycles. The summed E-state index contributed by atoms with van der Waals surface area (Å²) in [4.78, 5) is 25.5. The van der Waals surface area contributed by atoms with Gasteiger partial charge in [-0.1, -0.05) is 42.0 Å². The average Bonchev–Trinajstić information content (AvgIpc) is 2.45. The smallest absolute Gasteiger partial charge is 0.265 e. The summed E-state index contributed by atoms with van der Waals surface area (Å²) in [7, 11) is 0. The van der Waals surface area contributed by atoms with Crippen LogP contribution in [-0.2, 0) is 16.0 Å². The minimum Gasteiger partial charge on any atom is -0.298 e. The molecule has 0 aliphatic carbocycles. The van der Waals surface area contributed by atoms with Crippen LogP contribution in [-0.4, -0.2) is 28.4 Å². The summed E-state index contributed by atoms with van der Waals surface area (Å²) in [6.07, 6.45) is 3.73. The molecule has 1 aliphatic rings. The molecule has 1 N–H and O–H groups in total. The van der Waals surface area contributed by atoms with E-state index in [1.807, 2.05) is 31.2 Å². The number of nitrogens with zero attached hydrogens (tertiary/aromatic N) is 1. The number of amides is 2. The van der Waals surface area contributed by atoms with E-state index >= 15 is 0 Å². The molecule has 21 heavy (non-hydrogen) atoms. The topological polar surface area (TPSA) is 49.4 Å². The predicted molar refractivity (Wildman–Crippen MR) is 85.6 cm³/mol. The molecule has 1 aromatic carbocycles. The maximum Gasteiger partial charge on any atom is 0.265 e. The van der Waals surface area contributed by atoms with Gasteiger partial charge >= 0.3 is 0 Å². The minimum absolute atomic E-state index is 0.117. The van der Waals surface area contributed by atoms with Crippen LogP contribution in [0.3, 0.4) is 0 Å². The van der Waals surface area contributed by atoms with Crippen molar-refractivity contribution in [3.05, 3.63) is 59.7 Å². The highest BCUT2D eigenvalue weighted by atomic mass is 32.1. The van der Waals surface area contributed by atoms with Crippen molar-refractivity contribution in [1.82, 2.24) is 10.2 Å². The van der Waals surface area contributed by atoms with Crippen LogP contribution in [0.15, 0.2) is 48.6 Å². The van der Waals surface area contributed by atoms with Crippen molar-refractivity contribution in [2.75, 3.05) is 6.54 Å². The molecule has 0 bridgehead atoms. The Morgan fingerprint density at radius 2 is 1.95 bits per heavy atom. The van der Waals surface area contributed by atoms with E-state index in [0.717, 1.165) is 5.56 Å². The average molecular weight is 300 g/mol. The van der Waals surface area contributed by atoms with Gasteiger partial charge in [0.25, 0.3) is 11.8 Å². The Balaban J connectivity index is 2.20. The van der Waals surface area contributed by atoms with Crippen LogP contribution in [0.4, 0.5) is 0 Å². The summed E-state index contributed by atoms with van der Waals surface area (Å²) < 4.78 is 0. The number of carbonyl (C=O) groups excluding carboxylic acids is 2. The normalized spacial score (nSPS) is 17.1. The summed E-state index contributed by atoms with van der Waals surface area (Å²) in [5, 5.41) is 2.64. The second-order valence-corrected chi connectivity index (χ2v) is 5.16. The lowest BCUT2D eigenvalue weighted by Crippen LogP contribution is -2.54. The molecule has 1 fully saturated rings.